The first-order chi connectivity index (χ1) is 12.9. The van der Waals surface area contributed by atoms with Crippen LogP contribution in [0.5, 0.6) is 5.75 Å². The number of nitrogens with one attached hydrogen (secondary N) is 3. The smallest absolute Gasteiger partial charge is 0.262 e. The van der Waals surface area contributed by atoms with Crippen molar-refractivity contribution in [2.45, 2.75) is 23.8 Å². The standard InChI is InChI=1S/C18H20FN3O4S/c1-26-17-9-6-13(21-18(23)15-3-2-10-20-15)11-16(17)22-27(24,25)14-7-4-12(19)5-8-14/h4-9,11,15,20,22H,2-3,10H2,1H3,(H,21,23). The van der Waals surface area contributed by atoms with Gasteiger partial charge in [-0.1, -0.05) is 0 Å². The highest BCUT2D eigenvalue weighted by Gasteiger charge is 2.23. The summed E-state index contributed by atoms with van der Waals surface area (Å²) in [6.45, 7) is 0.795. The van der Waals surface area contributed by atoms with Crippen LogP contribution in [0.3, 0.4) is 0 Å². The average molecular weight is 393 g/mol. The summed E-state index contributed by atoms with van der Waals surface area (Å²) in [5.41, 5.74) is 0.602. The molecule has 0 spiro atoms. The zero-order chi connectivity index (χ0) is 19.4. The number of carbonyl (C=O) groups is 1. The van der Waals surface area contributed by atoms with Crippen LogP contribution < -0.4 is 20.1 Å². The lowest BCUT2D eigenvalue weighted by atomic mass is 10.2. The Morgan fingerprint density at radius 3 is 2.59 bits per heavy atom. The zero-order valence-electron chi connectivity index (χ0n) is 14.7. The zero-order valence-corrected chi connectivity index (χ0v) is 15.5. The summed E-state index contributed by atoms with van der Waals surface area (Å²) in [5.74, 6) is -0.417. The molecule has 1 aliphatic heterocycles. The minimum Gasteiger partial charge on any atom is -0.495 e. The van der Waals surface area contributed by atoms with Gasteiger partial charge < -0.3 is 15.4 Å². The molecule has 9 heteroatoms. The molecule has 1 atom stereocenters. The number of carbonyl (C=O) groups excluding carboxylic acids is 1. The average Bonchev–Trinajstić information content (AvgIpc) is 3.17. The summed E-state index contributed by atoms with van der Waals surface area (Å²) < 4.78 is 45.7. The Balaban J connectivity index is 1.82. The molecule has 7 nitrogen and oxygen atoms in total. The Morgan fingerprint density at radius 2 is 1.96 bits per heavy atom. The maximum absolute atomic E-state index is 13.0. The molecule has 1 aliphatic rings. The number of ether oxygens (including phenoxy) is 1. The van der Waals surface area contributed by atoms with Crippen LogP contribution in [0, 0.1) is 5.82 Å². The number of hydrogen-bond donors (Lipinski definition) is 3. The Labute approximate surface area is 157 Å². The molecule has 1 heterocycles. The first-order valence-electron chi connectivity index (χ1n) is 8.40. The number of benzene rings is 2. The van der Waals surface area contributed by atoms with Crippen molar-refractivity contribution in [3.8, 4) is 5.75 Å². The SMILES string of the molecule is COc1ccc(NC(=O)C2CCCN2)cc1NS(=O)(=O)c1ccc(F)cc1. The van der Waals surface area contributed by atoms with Crippen LogP contribution in [0.1, 0.15) is 12.8 Å². The fourth-order valence-electron chi connectivity index (χ4n) is 2.82. The lowest BCUT2D eigenvalue weighted by Crippen LogP contribution is -2.35. The van der Waals surface area contributed by atoms with E-state index in [1.165, 1.54) is 25.3 Å². The van der Waals surface area contributed by atoms with E-state index in [9.17, 15) is 17.6 Å². The van der Waals surface area contributed by atoms with Crippen LogP contribution in [0.15, 0.2) is 47.4 Å². The van der Waals surface area contributed by atoms with Gasteiger partial charge in [0.1, 0.15) is 11.6 Å². The van der Waals surface area contributed by atoms with E-state index in [0.29, 0.717) is 5.69 Å². The van der Waals surface area contributed by atoms with Crippen LogP contribution >= 0.6 is 0 Å². The summed E-state index contributed by atoms with van der Waals surface area (Å²) in [7, 11) is -2.54. The molecule has 1 saturated heterocycles. The van der Waals surface area contributed by atoms with Crippen LogP contribution in [0.4, 0.5) is 15.8 Å². The van der Waals surface area contributed by atoms with Crippen molar-refractivity contribution in [3.63, 3.8) is 0 Å². The van der Waals surface area contributed by atoms with Crippen LogP contribution in [0.2, 0.25) is 0 Å². The quantitative estimate of drug-likeness (QED) is 0.700. The molecule has 0 aliphatic carbocycles. The molecule has 1 unspecified atom stereocenters. The minimum absolute atomic E-state index is 0.0875. The lowest BCUT2D eigenvalue weighted by Gasteiger charge is -2.15. The normalized spacial score (nSPS) is 16.7. The highest BCUT2D eigenvalue weighted by atomic mass is 32.2. The third-order valence-electron chi connectivity index (χ3n) is 4.21. The molecule has 0 aromatic heterocycles. The van der Waals surface area contributed by atoms with E-state index in [1.54, 1.807) is 12.1 Å². The van der Waals surface area contributed by atoms with E-state index >= 15 is 0 Å². The van der Waals surface area contributed by atoms with E-state index < -0.39 is 15.8 Å². The molecular weight excluding hydrogens is 373 g/mol. The Hall–Kier alpha value is -2.65. The molecule has 3 N–H and O–H groups in total. The van der Waals surface area contributed by atoms with Crippen molar-refractivity contribution < 1.29 is 22.3 Å². The van der Waals surface area contributed by atoms with Gasteiger partial charge in [-0.25, -0.2) is 12.8 Å². The van der Waals surface area contributed by atoms with Crippen molar-refractivity contribution in [3.05, 3.63) is 48.3 Å². The van der Waals surface area contributed by atoms with E-state index in [2.05, 4.69) is 15.4 Å². The molecule has 1 fully saturated rings. The van der Waals surface area contributed by atoms with Crippen LogP contribution in [-0.2, 0) is 14.8 Å². The van der Waals surface area contributed by atoms with Gasteiger partial charge in [-0.2, -0.15) is 0 Å². The number of methoxy groups -OCH3 is 1. The largest absolute Gasteiger partial charge is 0.495 e. The van der Waals surface area contributed by atoms with Crippen LogP contribution in [0.25, 0.3) is 0 Å². The summed E-state index contributed by atoms with van der Waals surface area (Å²) >= 11 is 0. The minimum atomic E-state index is -3.95. The predicted molar refractivity (Wildman–Crippen MR) is 99.9 cm³/mol. The van der Waals surface area contributed by atoms with Gasteiger partial charge in [0, 0.05) is 5.69 Å². The summed E-state index contributed by atoms with van der Waals surface area (Å²) in [4.78, 5) is 12.2. The maximum Gasteiger partial charge on any atom is 0.262 e. The molecule has 1 amide bonds. The second kappa shape index (κ2) is 7.93. The third-order valence-corrected chi connectivity index (χ3v) is 5.59. The number of amides is 1. The number of halogens is 1. The Bertz CT molecular complexity index is 926. The van der Waals surface area contributed by atoms with E-state index in [0.717, 1.165) is 31.5 Å². The molecular formula is C18H20FN3O4S. The molecule has 144 valence electrons. The fraction of sp³-hybridized carbons (Fsp3) is 0.278. The first-order valence-corrected chi connectivity index (χ1v) is 9.88. The molecule has 27 heavy (non-hydrogen) atoms. The van der Waals surface area contributed by atoms with Crippen molar-refractivity contribution in [1.29, 1.82) is 0 Å². The van der Waals surface area contributed by atoms with Gasteiger partial charge in [-0.3, -0.25) is 9.52 Å². The van der Waals surface area contributed by atoms with Crippen molar-refractivity contribution in [2.24, 2.45) is 0 Å². The fourth-order valence-corrected chi connectivity index (χ4v) is 3.88. The summed E-state index contributed by atoms with van der Waals surface area (Å²) in [6.07, 6.45) is 1.69. The number of anilines is 2. The van der Waals surface area contributed by atoms with E-state index in [1.807, 2.05) is 0 Å². The second-order valence-corrected chi connectivity index (χ2v) is 7.80. The summed E-state index contributed by atoms with van der Waals surface area (Å²) in [5, 5.41) is 5.87. The monoisotopic (exact) mass is 393 g/mol. The van der Waals surface area contributed by atoms with Crippen molar-refractivity contribution in [2.75, 3.05) is 23.7 Å². The highest BCUT2D eigenvalue weighted by molar-refractivity contribution is 7.92. The molecule has 2 aromatic carbocycles. The number of sulfonamides is 1. The Kier molecular flexibility index (Phi) is 5.62. The molecule has 0 radical (unpaired) electrons. The topological polar surface area (TPSA) is 96.5 Å². The van der Waals surface area contributed by atoms with Gasteiger partial charge in [0.15, 0.2) is 0 Å². The van der Waals surface area contributed by atoms with Gasteiger partial charge in [0.2, 0.25) is 5.91 Å². The third kappa shape index (κ3) is 4.55. The van der Waals surface area contributed by atoms with E-state index in [-0.39, 0.29) is 28.3 Å². The number of rotatable bonds is 6. The molecule has 3 rings (SSSR count). The second-order valence-electron chi connectivity index (χ2n) is 6.11. The predicted octanol–water partition coefficient (Wildman–Crippen LogP) is 2.33. The molecule has 2 aromatic rings. The van der Waals surface area contributed by atoms with Gasteiger partial charge in [-0.15, -0.1) is 0 Å². The van der Waals surface area contributed by atoms with Crippen molar-refractivity contribution >= 4 is 27.3 Å². The van der Waals surface area contributed by atoms with Gasteiger partial charge >= 0.3 is 0 Å². The molecule has 0 bridgehead atoms. The first kappa shape index (κ1) is 19.1. The maximum atomic E-state index is 13.0. The van der Waals surface area contributed by atoms with E-state index in [4.69, 9.17) is 4.74 Å². The van der Waals surface area contributed by atoms with Crippen molar-refractivity contribution in [1.82, 2.24) is 5.32 Å². The summed E-state index contributed by atoms with van der Waals surface area (Å²) in [6, 6.07) is 8.87. The van der Waals surface area contributed by atoms with Crippen LogP contribution in [-0.4, -0.2) is 34.0 Å². The van der Waals surface area contributed by atoms with Gasteiger partial charge in [0.25, 0.3) is 10.0 Å². The molecule has 0 saturated carbocycles. The highest BCUT2D eigenvalue weighted by Crippen LogP contribution is 2.30. The van der Waals surface area contributed by atoms with Gasteiger partial charge in [-0.05, 0) is 61.9 Å². The Morgan fingerprint density at radius 1 is 1.22 bits per heavy atom. The number of hydrogen-bond acceptors (Lipinski definition) is 5. The van der Waals surface area contributed by atoms with Gasteiger partial charge in [0.05, 0.1) is 23.7 Å². The lowest BCUT2D eigenvalue weighted by molar-refractivity contribution is -0.117.